The molecule has 0 aliphatic heterocycles. The van der Waals surface area contributed by atoms with Gasteiger partial charge in [-0.05, 0) is 79.8 Å². The molecule has 1 aliphatic carbocycles. The van der Waals surface area contributed by atoms with Crippen molar-refractivity contribution in [1.29, 1.82) is 0 Å². The highest BCUT2D eigenvalue weighted by molar-refractivity contribution is 7.53. The molecule has 11 nitrogen and oxygen atoms in total. The Kier molecular flexibility index (Phi) is 10.9. The number of ether oxygens (including phenoxy) is 1. The third-order valence-electron chi connectivity index (χ3n) is 8.91. The molecule has 1 aliphatic rings. The summed E-state index contributed by atoms with van der Waals surface area (Å²) in [5, 5.41) is 14.0. The van der Waals surface area contributed by atoms with E-state index in [1.54, 1.807) is 46.1 Å². The van der Waals surface area contributed by atoms with Gasteiger partial charge in [0.25, 0.3) is 5.91 Å². The van der Waals surface area contributed by atoms with Gasteiger partial charge in [0.2, 0.25) is 5.95 Å². The molecule has 4 rings (SSSR count). The van der Waals surface area contributed by atoms with Gasteiger partial charge in [0, 0.05) is 20.3 Å². The Bertz CT molecular complexity index is 1640. The summed E-state index contributed by atoms with van der Waals surface area (Å²) < 4.78 is 60.4. The van der Waals surface area contributed by atoms with Gasteiger partial charge < -0.3 is 35.2 Å². The fourth-order valence-electron chi connectivity index (χ4n) is 6.07. The average molecular weight is 680 g/mol. The number of benzene rings is 2. The Balaban J connectivity index is 1.73. The summed E-state index contributed by atoms with van der Waals surface area (Å²) in [6.45, 7) is 3.36. The van der Waals surface area contributed by atoms with Crippen LogP contribution in [0.1, 0.15) is 85.3 Å². The predicted molar refractivity (Wildman–Crippen MR) is 173 cm³/mol. The van der Waals surface area contributed by atoms with E-state index in [1.165, 1.54) is 30.2 Å². The molecule has 256 valence electrons. The van der Waals surface area contributed by atoms with Crippen LogP contribution in [0.4, 0.5) is 36.3 Å². The molecule has 0 unspecified atom stereocenters. The maximum absolute atomic E-state index is 14.2. The van der Waals surface area contributed by atoms with Gasteiger partial charge >= 0.3 is 13.8 Å². The zero-order valence-electron chi connectivity index (χ0n) is 26.9. The molecule has 3 aromatic rings. The lowest BCUT2D eigenvalue weighted by Crippen LogP contribution is -2.24. The van der Waals surface area contributed by atoms with Crippen molar-refractivity contribution in [1.82, 2.24) is 14.9 Å². The molecule has 47 heavy (non-hydrogen) atoms. The molecule has 5 N–H and O–H groups in total. The Hall–Kier alpha value is -3.71. The number of carbonyl (C=O) groups excluding carboxylic acids is 1. The van der Waals surface area contributed by atoms with E-state index < -0.39 is 36.2 Å². The number of nitrogens with zero attached hydrogens (tertiary/aromatic N) is 3. The number of aromatic nitrogens is 2. The van der Waals surface area contributed by atoms with E-state index in [-0.39, 0.29) is 53.5 Å². The number of halogens is 3. The Labute approximate surface area is 271 Å². The number of aliphatic hydroxyl groups excluding tert-OH is 1. The fraction of sp³-hybridized carbons (Fsp3) is 0.469. The van der Waals surface area contributed by atoms with Gasteiger partial charge in [-0.25, -0.2) is 4.98 Å². The number of alkyl halides is 3. The summed E-state index contributed by atoms with van der Waals surface area (Å²) in [5.41, 5.74) is 0.583. The van der Waals surface area contributed by atoms with Gasteiger partial charge in [0.1, 0.15) is 17.1 Å². The first-order valence-corrected chi connectivity index (χ1v) is 16.9. The number of hydrogen-bond donors (Lipinski definition) is 5. The van der Waals surface area contributed by atoms with E-state index in [0.717, 1.165) is 18.4 Å². The van der Waals surface area contributed by atoms with E-state index in [1.807, 2.05) is 0 Å². The van der Waals surface area contributed by atoms with Crippen molar-refractivity contribution in [3.8, 4) is 5.75 Å². The van der Waals surface area contributed by atoms with E-state index in [4.69, 9.17) is 4.74 Å². The largest absolute Gasteiger partial charge is 0.495 e. The van der Waals surface area contributed by atoms with Gasteiger partial charge in [0.05, 0.1) is 35.3 Å². The number of rotatable bonds is 11. The molecule has 1 amide bonds. The lowest BCUT2D eigenvalue weighted by Gasteiger charge is -2.33. The van der Waals surface area contributed by atoms with Crippen molar-refractivity contribution >= 4 is 36.6 Å². The maximum atomic E-state index is 14.2. The molecule has 0 saturated heterocycles. The van der Waals surface area contributed by atoms with Crippen LogP contribution in [0.5, 0.6) is 5.75 Å². The highest BCUT2D eigenvalue weighted by Crippen LogP contribution is 2.61. The second-order valence-corrected chi connectivity index (χ2v) is 13.9. The standard InChI is InChI=1S/C32H41F3N5O6P/c1-6-31(7-2,47(43,44)45)21-11-15-26(27(17-21)46-5)38-30-36-18-24(32(33,34)35)28(39-30)37-25-14-10-20(16-23(25)29(42)40(3)4)19-8-12-22(41)13-9-19/h10-11,14-19,22,41H,6-9,12-13H2,1-5H3,(H2,43,44,45)(H2,36,37,38,39). The van der Waals surface area contributed by atoms with Crippen LogP contribution in [0.2, 0.25) is 0 Å². The number of aliphatic hydroxyl groups is 1. The Morgan fingerprint density at radius 1 is 1.02 bits per heavy atom. The molecule has 15 heteroatoms. The Morgan fingerprint density at radius 2 is 1.66 bits per heavy atom. The van der Waals surface area contributed by atoms with E-state index in [9.17, 15) is 37.4 Å². The quantitative estimate of drug-likeness (QED) is 0.135. The SMILES string of the molecule is CCC(CC)(c1ccc(Nc2ncc(C(F)(F)F)c(Nc3ccc(C4CCC(O)CC4)cc3C(=O)N(C)C)n2)c(OC)c1)P(=O)(O)O. The minimum atomic E-state index is -4.83. The molecule has 0 atom stereocenters. The summed E-state index contributed by atoms with van der Waals surface area (Å²) >= 11 is 0. The fourth-order valence-corrected chi connectivity index (χ4v) is 7.37. The van der Waals surface area contributed by atoms with Gasteiger partial charge in [-0.3, -0.25) is 9.36 Å². The minimum Gasteiger partial charge on any atom is -0.495 e. The van der Waals surface area contributed by atoms with Crippen molar-refractivity contribution < 1.29 is 42.2 Å². The smallest absolute Gasteiger partial charge is 0.421 e. The molecular weight excluding hydrogens is 638 g/mol. The molecule has 1 saturated carbocycles. The number of anilines is 4. The van der Waals surface area contributed by atoms with Gasteiger partial charge in [-0.2, -0.15) is 18.2 Å². The molecular formula is C32H41F3N5O6P. The number of hydrogen-bond acceptors (Lipinski definition) is 8. The second kappa shape index (κ2) is 14.2. The van der Waals surface area contributed by atoms with E-state index in [0.29, 0.717) is 24.6 Å². The maximum Gasteiger partial charge on any atom is 0.421 e. The first kappa shape index (κ1) is 36.1. The van der Waals surface area contributed by atoms with Gasteiger partial charge in [-0.15, -0.1) is 0 Å². The lowest BCUT2D eigenvalue weighted by molar-refractivity contribution is -0.137. The average Bonchev–Trinajstić information content (AvgIpc) is 3.01. The van der Waals surface area contributed by atoms with Crippen LogP contribution in [0, 0.1) is 0 Å². The molecule has 0 spiro atoms. The molecule has 1 heterocycles. The third-order valence-corrected chi connectivity index (χ3v) is 10.9. The van der Waals surface area contributed by atoms with Crippen molar-refractivity contribution in [3.05, 3.63) is 64.8 Å². The first-order valence-electron chi connectivity index (χ1n) is 15.3. The van der Waals surface area contributed by atoms with Crippen LogP contribution in [0.15, 0.2) is 42.6 Å². The van der Waals surface area contributed by atoms with E-state index >= 15 is 0 Å². The van der Waals surface area contributed by atoms with Crippen LogP contribution >= 0.6 is 7.60 Å². The number of nitrogens with one attached hydrogen (secondary N) is 2. The van der Waals surface area contributed by atoms with Crippen molar-refractivity contribution in [3.63, 3.8) is 0 Å². The van der Waals surface area contributed by atoms with Crippen molar-refractivity contribution in [2.45, 2.75) is 75.7 Å². The highest BCUT2D eigenvalue weighted by atomic mass is 31.2. The van der Waals surface area contributed by atoms with Crippen LogP contribution in [0.3, 0.4) is 0 Å². The minimum absolute atomic E-state index is 0.102. The monoisotopic (exact) mass is 679 g/mol. The predicted octanol–water partition coefficient (Wildman–Crippen LogP) is 6.90. The number of amides is 1. The molecule has 0 radical (unpaired) electrons. The number of carbonyl (C=O) groups is 1. The topological polar surface area (TPSA) is 157 Å². The van der Waals surface area contributed by atoms with Crippen LogP contribution in [-0.4, -0.2) is 63.0 Å². The van der Waals surface area contributed by atoms with Gasteiger partial charge in [0.15, 0.2) is 0 Å². The zero-order chi connectivity index (χ0) is 34.7. The highest BCUT2D eigenvalue weighted by Gasteiger charge is 2.45. The molecule has 2 aromatic carbocycles. The summed E-state index contributed by atoms with van der Waals surface area (Å²) in [5.74, 6) is -0.961. The summed E-state index contributed by atoms with van der Waals surface area (Å²) in [6, 6.07) is 9.50. The summed E-state index contributed by atoms with van der Waals surface area (Å²) in [4.78, 5) is 42.9. The first-order chi connectivity index (χ1) is 22.0. The van der Waals surface area contributed by atoms with Gasteiger partial charge in [-0.1, -0.05) is 26.0 Å². The van der Waals surface area contributed by atoms with E-state index in [2.05, 4.69) is 20.6 Å². The van der Waals surface area contributed by atoms with Crippen molar-refractivity contribution in [2.75, 3.05) is 31.8 Å². The molecule has 0 bridgehead atoms. The Morgan fingerprint density at radius 3 is 2.21 bits per heavy atom. The normalized spacial score (nSPS) is 17.3. The lowest BCUT2D eigenvalue weighted by atomic mass is 9.82. The van der Waals surface area contributed by atoms with Crippen LogP contribution in [-0.2, 0) is 15.9 Å². The number of methoxy groups -OCH3 is 1. The summed E-state index contributed by atoms with van der Waals surface area (Å²) in [7, 11) is -0.137. The van der Waals surface area contributed by atoms with Crippen molar-refractivity contribution in [2.24, 2.45) is 0 Å². The summed E-state index contributed by atoms with van der Waals surface area (Å²) in [6.07, 6.45) is -1.55. The third kappa shape index (κ3) is 7.72. The zero-order valence-corrected chi connectivity index (χ0v) is 27.8. The second-order valence-electron chi connectivity index (χ2n) is 11.9. The molecule has 1 fully saturated rings. The van der Waals surface area contributed by atoms with Crippen LogP contribution in [0.25, 0.3) is 0 Å². The van der Waals surface area contributed by atoms with Crippen LogP contribution < -0.4 is 15.4 Å². The molecule has 1 aromatic heterocycles.